The number of hydrogen-bond acceptors (Lipinski definition) is 7. The van der Waals surface area contributed by atoms with Crippen LogP contribution in [-0.2, 0) is 11.3 Å². The van der Waals surface area contributed by atoms with Gasteiger partial charge in [0.1, 0.15) is 5.92 Å². The average molecular weight is 450 g/mol. The fourth-order valence-electron chi connectivity index (χ4n) is 5.16. The van der Waals surface area contributed by atoms with Crippen molar-refractivity contribution in [3.8, 4) is 18.2 Å². The van der Waals surface area contributed by atoms with E-state index in [1.165, 1.54) is 7.11 Å². The second-order valence-corrected chi connectivity index (χ2v) is 8.59. The van der Waals surface area contributed by atoms with Crippen LogP contribution in [0.25, 0.3) is 0 Å². The highest BCUT2D eigenvalue weighted by atomic mass is 16.5. The number of hydrogen-bond donors (Lipinski definition) is 1. The predicted octanol–water partition coefficient (Wildman–Crippen LogP) is 3.82. The van der Waals surface area contributed by atoms with Crippen LogP contribution in [0.2, 0.25) is 0 Å². The number of esters is 1. The van der Waals surface area contributed by atoms with Crippen LogP contribution in [0.4, 0.5) is 0 Å². The van der Waals surface area contributed by atoms with Crippen molar-refractivity contribution in [3.63, 3.8) is 0 Å². The van der Waals surface area contributed by atoms with Gasteiger partial charge in [-0.1, -0.05) is 48.5 Å². The van der Waals surface area contributed by atoms with E-state index in [1.54, 1.807) is 24.3 Å². The molecule has 34 heavy (non-hydrogen) atoms. The van der Waals surface area contributed by atoms with Crippen molar-refractivity contribution >= 4 is 11.7 Å². The Kier molecular flexibility index (Phi) is 6.28. The molecule has 1 aliphatic carbocycles. The fourth-order valence-corrected chi connectivity index (χ4v) is 5.16. The van der Waals surface area contributed by atoms with Crippen LogP contribution in [0.1, 0.15) is 27.4 Å². The van der Waals surface area contributed by atoms with E-state index in [4.69, 9.17) is 10.1 Å². The highest BCUT2D eigenvalue weighted by Gasteiger charge is 2.57. The average Bonchev–Trinajstić information content (AvgIpc) is 2.88. The number of methoxy groups -OCH3 is 1. The van der Waals surface area contributed by atoms with Gasteiger partial charge >= 0.3 is 5.97 Å². The Morgan fingerprint density at radius 3 is 2.38 bits per heavy atom. The third-order valence-corrected chi connectivity index (χ3v) is 6.81. The maximum atomic E-state index is 11.9. The summed E-state index contributed by atoms with van der Waals surface area (Å²) in [6, 6.07) is 23.0. The van der Waals surface area contributed by atoms with Gasteiger partial charge in [0.2, 0.25) is 0 Å². The molecule has 3 atom stereocenters. The van der Waals surface area contributed by atoms with Crippen molar-refractivity contribution in [1.29, 1.82) is 21.2 Å². The van der Waals surface area contributed by atoms with Gasteiger partial charge in [0.15, 0.2) is 5.41 Å². The molecule has 0 radical (unpaired) electrons. The van der Waals surface area contributed by atoms with Crippen LogP contribution in [0, 0.1) is 56.7 Å². The number of carbonyl (C=O) groups excluding carboxylic acids is 1. The van der Waals surface area contributed by atoms with E-state index in [0.29, 0.717) is 30.8 Å². The number of nitrogens with zero attached hydrogens (tertiary/aromatic N) is 4. The van der Waals surface area contributed by atoms with Gasteiger partial charge in [0.05, 0.1) is 36.6 Å². The lowest BCUT2D eigenvalue weighted by atomic mass is 9.54. The second kappa shape index (κ2) is 9.32. The molecule has 7 heteroatoms. The van der Waals surface area contributed by atoms with E-state index >= 15 is 0 Å². The predicted molar refractivity (Wildman–Crippen MR) is 124 cm³/mol. The molecule has 2 aromatic rings. The zero-order valence-corrected chi connectivity index (χ0v) is 18.7. The molecule has 4 rings (SSSR count). The Labute approximate surface area is 198 Å². The Balaban J connectivity index is 1.80. The summed E-state index contributed by atoms with van der Waals surface area (Å²) in [5.74, 6) is -2.35. The molecule has 0 aromatic heterocycles. The van der Waals surface area contributed by atoms with Crippen LogP contribution in [-0.4, -0.2) is 36.8 Å². The second-order valence-electron chi connectivity index (χ2n) is 8.59. The van der Waals surface area contributed by atoms with Crippen molar-refractivity contribution < 1.29 is 9.53 Å². The van der Waals surface area contributed by atoms with E-state index in [1.807, 2.05) is 36.4 Å². The fraction of sp³-hybridized carbons (Fsp3) is 0.296. The largest absolute Gasteiger partial charge is 0.465 e. The minimum atomic E-state index is -1.79. The van der Waals surface area contributed by atoms with E-state index in [0.717, 1.165) is 11.1 Å². The Hall–Kier alpha value is -4.25. The Bertz CT molecular complexity index is 1250. The molecule has 1 N–H and O–H groups in total. The van der Waals surface area contributed by atoms with Crippen LogP contribution < -0.4 is 0 Å². The van der Waals surface area contributed by atoms with Gasteiger partial charge in [0.25, 0.3) is 0 Å². The highest BCUT2D eigenvalue weighted by Crippen LogP contribution is 2.53. The van der Waals surface area contributed by atoms with Crippen molar-refractivity contribution in [1.82, 2.24) is 4.90 Å². The lowest BCUT2D eigenvalue weighted by Crippen LogP contribution is -2.52. The lowest BCUT2D eigenvalue weighted by Gasteiger charge is -2.47. The zero-order chi connectivity index (χ0) is 24.3. The molecule has 1 unspecified atom stereocenters. The van der Waals surface area contributed by atoms with Crippen molar-refractivity contribution in [2.75, 3.05) is 20.2 Å². The first-order valence-electron chi connectivity index (χ1n) is 10.9. The molecule has 0 spiro atoms. The van der Waals surface area contributed by atoms with Crippen LogP contribution in [0.3, 0.4) is 0 Å². The topological polar surface area (TPSA) is 125 Å². The smallest absolute Gasteiger partial charge is 0.337 e. The van der Waals surface area contributed by atoms with E-state index in [-0.39, 0.29) is 11.6 Å². The Morgan fingerprint density at radius 1 is 1.12 bits per heavy atom. The van der Waals surface area contributed by atoms with E-state index < -0.39 is 23.2 Å². The molecule has 1 saturated carbocycles. The third-order valence-electron chi connectivity index (χ3n) is 6.81. The van der Waals surface area contributed by atoms with Gasteiger partial charge in [-0.05, 0) is 28.8 Å². The molecule has 168 valence electrons. The number of nitriles is 3. The summed E-state index contributed by atoms with van der Waals surface area (Å²) in [6.45, 7) is 1.85. The van der Waals surface area contributed by atoms with Gasteiger partial charge < -0.3 is 10.1 Å². The SMILES string of the molecule is COC(=O)c1ccc([C@@H]2[C@H]3CN(Cc4ccccc4)CC=C3C(C#N)C(=N)C2(C#N)C#N)cc1. The van der Waals surface area contributed by atoms with Gasteiger partial charge in [-0.15, -0.1) is 0 Å². The number of nitrogens with one attached hydrogen (secondary N) is 1. The number of carbonyl (C=O) groups is 1. The summed E-state index contributed by atoms with van der Waals surface area (Å²) in [4.78, 5) is 14.1. The summed E-state index contributed by atoms with van der Waals surface area (Å²) >= 11 is 0. The lowest BCUT2D eigenvalue weighted by molar-refractivity contribution is 0.0600. The third kappa shape index (κ3) is 3.75. The van der Waals surface area contributed by atoms with Gasteiger partial charge in [-0.2, -0.15) is 15.8 Å². The molecule has 2 aromatic carbocycles. The van der Waals surface area contributed by atoms with E-state index in [9.17, 15) is 20.6 Å². The molecule has 0 amide bonds. The molecule has 1 aliphatic heterocycles. The normalized spacial score (nSPS) is 23.4. The molecule has 2 aliphatic rings. The molecule has 1 heterocycles. The van der Waals surface area contributed by atoms with Gasteiger partial charge in [-0.25, -0.2) is 4.79 Å². The molecular weight excluding hydrogens is 426 g/mol. The number of benzene rings is 2. The minimum absolute atomic E-state index is 0.180. The van der Waals surface area contributed by atoms with Gasteiger partial charge in [-0.3, -0.25) is 4.90 Å². The highest BCUT2D eigenvalue weighted by molar-refractivity contribution is 6.01. The monoisotopic (exact) mass is 449 g/mol. The maximum absolute atomic E-state index is 11.9. The Morgan fingerprint density at radius 2 is 1.79 bits per heavy atom. The van der Waals surface area contributed by atoms with Crippen LogP contribution >= 0.6 is 0 Å². The van der Waals surface area contributed by atoms with Crippen molar-refractivity contribution in [2.24, 2.45) is 17.3 Å². The summed E-state index contributed by atoms with van der Waals surface area (Å²) in [5, 5.41) is 39.0. The summed E-state index contributed by atoms with van der Waals surface area (Å²) < 4.78 is 4.78. The molecule has 0 saturated heterocycles. The maximum Gasteiger partial charge on any atom is 0.337 e. The summed E-state index contributed by atoms with van der Waals surface area (Å²) in [5.41, 5.74) is 1.00. The van der Waals surface area contributed by atoms with Crippen molar-refractivity contribution in [3.05, 3.63) is 82.9 Å². The van der Waals surface area contributed by atoms with E-state index in [2.05, 4.69) is 23.1 Å². The minimum Gasteiger partial charge on any atom is -0.465 e. The molecule has 0 bridgehead atoms. The molecular formula is C27H23N5O2. The number of rotatable bonds is 4. The number of fused-ring (bicyclic) bond motifs is 1. The first-order valence-corrected chi connectivity index (χ1v) is 10.9. The molecule has 1 fully saturated rings. The van der Waals surface area contributed by atoms with Crippen LogP contribution in [0.15, 0.2) is 66.2 Å². The molecule has 7 nitrogen and oxygen atoms in total. The number of ether oxygens (including phenoxy) is 1. The van der Waals surface area contributed by atoms with Crippen LogP contribution in [0.5, 0.6) is 0 Å². The standard InChI is InChI=1S/C27H23N5O2/c1-34-26(33)20-9-7-19(8-10-20)24-23-15-32(14-18-5-3-2-4-6-18)12-11-21(23)22(13-28)25(31)27(24,16-29)17-30/h2-11,22-24,31H,12,14-15H2,1H3/t22?,23-,24+/m0/s1. The van der Waals surface area contributed by atoms with Crippen molar-refractivity contribution in [2.45, 2.75) is 12.5 Å². The first-order chi connectivity index (χ1) is 16.5. The first kappa shape index (κ1) is 22.9. The summed E-state index contributed by atoms with van der Waals surface area (Å²) in [6.07, 6.45) is 1.98. The zero-order valence-electron chi connectivity index (χ0n) is 18.7. The summed E-state index contributed by atoms with van der Waals surface area (Å²) in [7, 11) is 1.30. The quantitative estimate of drug-likeness (QED) is 0.559. The van der Waals surface area contributed by atoms with Gasteiger partial charge in [0, 0.05) is 31.5 Å².